The molecule has 3 heteroatoms. The molecule has 3 nitrogen and oxygen atoms in total. The molecule has 9 fully saturated rings. The van der Waals surface area contributed by atoms with Crippen molar-refractivity contribution in [1.82, 2.24) is 0 Å². The maximum atomic E-state index is 12.1. The summed E-state index contributed by atoms with van der Waals surface area (Å²) >= 11 is 0. The third-order valence-electron chi connectivity index (χ3n) is 26.2. The lowest BCUT2D eigenvalue weighted by atomic mass is 9.49. The Morgan fingerprint density at radius 2 is 0.874 bits per heavy atom. The molecule has 0 atom stereocenters. The summed E-state index contributed by atoms with van der Waals surface area (Å²) in [6.07, 6.45) is 52.4. The summed E-state index contributed by atoms with van der Waals surface area (Å²) in [6.45, 7) is 15.6. The predicted molar refractivity (Wildman–Crippen MR) is 368 cm³/mol. The van der Waals surface area contributed by atoms with Crippen molar-refractivity contribution in [3.63, 3.8) is 0 Å². The SMILES string of the molecule is C=CC(C=C)OC(=O)CCCCCCCCOC12CCC(c3cc4cccc5c(C67CCC(c8ccc9c(c8)C(CCCCCCCC)(CCCCCCCC)c8cc(C%10%11CCC(C)(CC%10)CC%11)ccc8-9)(CC6)CC7)cc6cccc3c6c45)(CC1)CC2. The van der Waals surface area contributed by atoms with Crippen LogP contribution in [-0.2, 0) is 41.3 Å². The van der Waals surface area contributed by atoms with Crippen LogP contribution in [-0.4, -0.2) is 24.3 Å². The number of hydrogen-bond donors (Lipinski definition) is 0. The second kappa shape index (κ2) is 25.5. The third kappa shape index (κ3) is 11.4. The summed E-state index contributed by atoms with van der Waals surface area (Å²) in [6, 6.07) is 36.6. The monoisotopic (exact) mass is 1170 g/mol. The highest BCUT2D eigenvalue weighted by Gasteiger charge is 2.54. The van der Waals surface area contributed by atoms with E-state index in [2.05, 4.69) is 119 Å². The zero-order valence-electron chi connectivity index (χ0n) is 54.7. The van der Waals surface area contributed by atoms with Crippen molar-refractivity contribution in [3.05, 3.63) is 144 Å². The molecular formula is C84H110O3. The molecule has 0 radical (unpaired) electrons. The van der Waals surface area contributed by atoms with Crippen LogP contribution in [0.4, 0.5) is 0 Å². The Labute approximate surface area is 526 Å². The molecule has 0 aromatic heterocycles. The quantitative estimate of drug-likeness (QED) is 0.0188. The second-order valence-corrected chi connectivity index (χ2v) is 31.1. The number of benzene rings is 6. The Morgan fingerprint density at radius 1 is 0.460 bits per heavy atom. The van der Waals surface area contributed by atoms with Gasteiger partial charge >= 0.3 is 5.97 Å². The van der Waals surface area contributed by atoms with Crippen LogP contribution in [0.15, 0.2) is 110 Å². The van der Waals surface area contributed by atoms with Crippen LogP contribution >= 0.6 is 0 Å². The minimum atomic E-state index is -0.387. The fourth-order valence-electron chi connectivity index (χ4n) is 20.3. The highest BCUT2D eigenvalue weighted by atomic mass is 16.5. The summed E-state index contributed by atoms with van der Waals surface area (Å²) in [4.78, 5) is 12.1. The Bertz CT molecular complexity index is 3310. The van der Waals surface area contributed by atoms with Crippen molar-refractivity contribution < 1.29 is 14.3 Å². The normalized spacial score (nSPS) is 27.6. The van der Waals surface area contributed by atoms with Crippen LogP contribution in [0.25, 0.3) is 43.4 Å². The number of ether oxygens (including phenoxy) is 2. The van der Waals surface area contributed by atoms with Gasteiger partial charge in [0, 0.05) is 18.4 Å². The number of unbranched alkanes of at least 4 members (excludes halogenated alkanes) is 15. The largest absolute Gasteiger partial charge is 0.454 e. The van der Waals surface area contributed by atoms with Gasteiger partial charge in [-0.15, -0.1) is 0 Å². The lowest BCUT2D eigenvalue weighted by molar-refractivity contribution is -0.145. The smallest absolute Gasteiger partial charge is 0.306 e. The maximum absolute atomic E-state index is 12.1. The molecule has 10 aliphatic rings. The first-order chi connectivity index (χ1) is 42.5. The summed E-state index contributed by atoms with van der Waals surface area (Å²) in [5.41, 5.74) is 15.2. The Balaban J connectivity index is 0.723. The molecule has 0 spiro atoms. The van der Waals surface area contributed by atoms with Crippen LogP contribution in [0.3, 0.4) is 0 Å². The van der Waals surface area contributed by atoms with Gasteiger partial charge in [-0.3, -0.25) is 4.79 Å². The second-order valence-electron chi connectivity index (χ2n) is 31.1. The summed E-state index contributed by atoms with van der Waals surface area (Å²) in [5.74, 6) is -0.156. The highest BCUT2D eigenvalue weighted by molar-refractivity contribution is 6.25. The average Bonchev–Trinajstić information content (AvgIpc) is 1.63. The predicted octanol–water partition coefficient (Wildman–Crippen LogP) is 23.9. The van der Waals surface area contributed by atoms with Gasteiger partial charge < -0.3 is 9.47 Å². The van der Waals surface area contributed by atoms with E-state index in [1.165, 1.54) is 245 Å². The number of hydrogen-bond acceptors (Lipinski definition) is 3. The molecule has 464 valence electrons. The van der Waals surface area contributed by atoms with Crippen molar-refractivity contribution in [2.75, 3.05) is 6.61 Å². The Kier molecular flexibility index (Phi) is 17.9. The zero-order valence-corrected chi connectivity index (χ0v) is 54.7. The lowest BCUT2D eigenvalue weighted by Crippen LogP contribution is -2.49. The standard InChI is InChI=1S/C84H110O3/c1-6-10-12-14-19-23-37-84(38-24-20-15-13-11-7-2)73-60-64(79-42-39-78(5,40-43-79)41-44-79)33-35-67(73)68-36-34-65(61-74(68)84)80-45-48-81(49-46-80,50-47-80)71-58-62-28-27-31-70-72(59-63-29-26-30-69(71)76(63)77(62)70)82-51-54-83(55-52-82,56-53-82)86-57-25-21-17-16-18-22-32-75(85)87-66(8-3)9-4/h8-9,26-31,33-36,58-61,66H,3-4,6-7,10-25,32,37-57H2,1-2,5H3. The molecule has 0 amide bonds. The summed E-state index contributed by atoms with van der Waals surface area (Å²) in [7, 11) is 0. The molecule has 16 rings (SSSR count). The molecular weight excluding hydrogens is 1060 g/mol. The molecule has 6 aromatic rings. The minimum absolute atomic E-state index is 0.0517. The van der Waals surface area contributed by atoms with E-state index in [0.29, 0.717) is 17.3 Å². The van der Waals surface area contributed by atoms with Gasteiger partial charge in [-0.05, 0) is 269 Å². The first kappa shape index (κ1) is 61.1. The molecule has 6 aromatic carbocycles. The molecule has 87 heavy (non-hydrogen) atoms. The van der Waals surface area contributed by atoms with E-state index in [1.807, 2.05) is 0 Å². The third-order valence-corrected chi connectivity index (χ3v) is 26.2. The fourth-order valence-corrected chi connectivity index (χ4v) is 20.3. The van der Waals surface area contributed by atoms with Crippen molar-refractivity contribution in [2.45, 2.75) is 310 Å². The summed E-state index contributed by atoms with van der Waals surface area (Å²) < 4.78 is 12.3. The summed E-state index contributed by atoms with van der Waals surface area (Å²) in [5, 5.41) is 9.05. The molecule has 6 bridgehead atoms. The lowest BCUT2D eigenvalue weighted by Gasteiger charge is -2.55. The van der Waals surface area contributed by atoms with Crippen LogP contribution in [0.5, 0.6) is 0 Å². The molecule has 0 unspecified atom stereocenters. The maximum Gasteiger partial charge on any atom is 0.306 e. The van der Waals surface area contributed by atoms with Gasteiger partial charge in [0.25, 0.3) is 0 Å². The number of esters is 1. The molecule has 10 aliphatic carbocycles. The average molecular weight is 1170 g/mol. The van der Waals surface area contributed by atoms with Crippen LogP contribution < -0.4 is 0 Å². The Hall–Kier alpha value is -4.73. The van der Waals surface area contributed by atoms with Crippen LogP contribution in [0.2, 0.25) is 0 Å². The van der Waals surface area contributed by atoms with Gasteiger partial charge in [0.05, 0.1) is 5.60 Å². The number of rotatable bonds is 31. The Morgan fingerprint density at radius 3 is 1.34 bits per heavy atom. The molecule has 0 aliphatic heterocycles. The number of carbonyl (C=O) groups is 1. The van der Waals surface area contributed by atoms with Crippen LogP contribution in [0.1, 0.15) is 305 Å². The van der Waals surface area contributed by atoms with Gasteiger partial charge in [0.2, 0.25) is 0 Å². The van der Waals surface area contributed by atoms with E-state index in [-0.39, 0.29) is 39.3 Å². The van der Waals surface area contributed by atoms with E-state index < -0.39 is 0 Å². The van der Waals surface area contributed by atoms with E-state index in [0.717, 1.165) is 32.3 Å². The minimum Gasteiger partial charge on any atom is -0.454 e. The first-order valence-electron chi connectivity index (χ1n) is 36.6. The molecule has 0 saturated heterocycles. The van der Waals surface area contributed by atoms with E-state index >= 15 is 0 Å². The van der Waals surface area contributed by atoms with Gasteiger partial charge in [0.15, 0.2) is 0 Å². The van der Waals surface area contributed by atoms with E-state index in [4.69, 9.17) is 9.47 Å². The number of fused-ring (bicyclic) bond motifs is 12. The van der Waals surface area contributed by atoms with Crippen molar-refractivity contribution in [2.24, 2.45) is 5.41 Å². The van der Waals surface area contributed by atoms with Gasteiger partial charge in [0.1, 0.15) is 6.10 Å². The molecule has 0 N–H and O–H groups in total. The van der Waals surface area contributed by atoms with Crippen molar-refractivity contribution >= 4 is 38.3 Å². The van der Waals surface area contributed by atoms with Gasteiger partial charge in [-0.25, -0.2) is 0 Å². The fraction of sp³-hybridized carbons (Fsp3) is 0.607. The molecule has 9 saturated carbocycles. The van der Waals surface area contributed by atoms with E-state index in [1.54, 1.807) is 62.0 Å². The van der Waals surface area contributed by atoms with Gasteiger partial charge in [-0.1, -0.05) is 209 Å². The van der Waals surface area contributed by atoms with Gasteiger partial charge in [-0.2, -0.15) is 0 Å². The van der Waals surface area contributed by atoms with Crippen molar-refractivity contribution in [3.8, 4) is 11.1 Å². The zero-order chi connectivity index (χ0) is 59.7. The first-order valence-corrected chi connectivity index (χ1v) is 36.6. The molecule has 0 heterocycles. The van der Waals surface area contributed by atoms with E-state index in [9.17, 15) is 4.79 Å². The topological polar surface area (TPSA) is 35.5 Å². The highest BCUT2D eigenvalue weighted by Crippen LogP contribution is 2.64. The number of carbonyl (C=O) groups excluding carboxylic acids is 1. The van der Waals surface area contributed by atoms with Crippen molar-refractivity contribution in [1.29, 1.82) is 0 Å². The van der Waals surface area contributed by atoms with Crippen LogP contribution in [0, 0.1) is 5.41 Å².